The lowest BCUT2D eigenvalue weighted by Gasteiger charge is -2.09. The highest BCUT2D eigenvalue weighted by atomic mass is 32.1. The first kappa shape index (κ1) is 20.6. The molecule has 2 aromatic carbocycles. The molecule has 0 bridgehead atoms. The molecule has 1 N–H and O–H groups in total. The highest BCUT2D eigenvalue weighted by Crippen LogP contribution is 2.30. The second-order valence-electron chi connectivity index (χ2n) is 6.21. The zero-order valence-electron chi connectivity index (χ0n) is 16.5. The summed E-state index contributed by atoms with van der Waals surface area (Å²) in [7, 11) is 3.05. The summed E-state index contributed by atoms with van der Waals surface area (Å²) >= 11 is 1.29. The van der Waals surface area contributed by atoms with Crippen LogP contribution in [0.3, 0.4) is 0 Å². The van der Waals surface area contributed by atoms with Crippen LogP contribution in [0.15, 0.2) is 36.4 Å². The fourth-order valence-corrected chi connectivity index (χ4v) is 3.54. The number of nitrogens with zero attached hydrogens (tertiary/aromatic N) is 1. The van der Waals surface area contributed by atoms with Crippen molar-refractivity contribution in [2.24, 2.45) is 0 Å². The summed E-state index contributed by atoms with van der Waals surface area (Å²) < 4.78 is 16.4. The number of benzene rings is 2. The van der Waals surface area contributed by atoms with Crippen molar-refractivity contribution in [2.45, 2.75) is 19.8 Å². The molecule has 3 aromatic rings. The lowest BCUT2D eigenvalue weighted by atomic mass is 10.2. The minimum atomic E-state index is -0.357. The summed E-state index contributed by atoms with van der Waals surface area (Å²) in [6.45, 7) is 2.44. The first-order chi connectivity index (χ1) is 14.0. The maximum absolute atomic E-state index is 12.6. The number of methoxy groups -OCH3 is 2. The monoisotopic (exact) mass is 414 g/mol. The van der Waals surface area contributed by atoms with Gasteiger partial charge in [0.1, 0.15) is 0 Å². The Balaban J connectivity index is 1.75. The van der Waals surface area contributed by atoms with E-state index >= 15 is 0 Å². The van der Waals surface area contributed by atoms with Crippen molar-refractivity contribution in [2.75, 3.05) is 26.1 Å². The van der Waals surface area contributed by atoms with Gasteiger partial charge in [0, 0.05) is 5.56 Å². The molecule has 0 unspecified atom stereocenters. The average Bonchev–Trinajstić information content (AvgIpc) is 3.14. The number of unbranched alkanes of at least 4 members (excludes halogenated alkanes) is 1. The van der Waals surface area contributed by atoms with Gasteiger partial charge < -0.3 is 14.2 Å². The van der Waals surface area contributed by atoms with Gasteiger partial charge in [-0.25, -0.2) is 9.78 Å². The van der Waals surface area contributed by atoms with E-state index in [0.717, 1.165) is 17.5 Å². The molecule has 1 aromatic heterocycles. The summed E-state index contributed by atoms with van der Waals surface area (Å²) in [5.41, 5.74) is 1.58. The van der Waals surface area contributed by atoms with Crippen LogP contribution >= 0.6 is 11.3 Å². The number of esters is 1. The molecular formula is C21H22N2O5S. The maximum Gasteiger partial charge on any atom is 0.338 e. The third kappa shape index (κ3) is 4.83. The molecule has 0 aliphatic heterocycles. The van der Waals surface area contributed by atoms with Crippen LogP contribution in [0.5, 0.6) is 11.5 Å². The number of fused-ring (bicyclic) bond motifs is 1. The summed E-state index contributed by atoms with van der Waals surface area (Å²) in [5, 5.41) is 3.22. The van der Waals surface area contributed by atoms with Gasteiger partial charge in [-0.2, -0.15) is 0 Å². The maximum atomic E-state index is 12.6. The average molecular weight is 414 g/mol. The Hall–Kier alpha value is -3.13. The number of thiazole rings is 1. The van der Waals surface area contributed by atoms with Crippen LogP contribution < -0.4 is 14.8 Å². The molecule has 0 aliphatic carbocycles. The molecule has 3 rings (SSSR count). The summed E-state index contributed by atoms with van der Waals surface area (Å²) in [5.74, 6) is 0.340. The van der Waals surface area contributed by atoms with E-state index in [2.05, 4.69) is 10.3 Å². The van der Waals surface area contributed by atoms with Crippen molar-refractivity contribution in [3.8, 4) is 11.5 Å². The number of carbonyl (C=O) groups is 2. The predicted molar refractivity (Wildman–Crippen MR) is 112 cm³/mol. The highest BCUT2D eigenvalue weighted by Gasteiger charge is 2.14. The van der Waals surface area contributed by atoms with Crippen LogP contribution in [0.25, 0.3) is 10.2 Å². The lowest BCUT2D eigenvalue weighted by molar-refractivity contribution is 0.0500. The number of rotatable bonds is 8. The normalized spacial score (nSPS) is 10.6. The van der Waals surface area contributed by atoms with Crippen LogP contribution in [0.1, 0.15) is 40.5 Å². The first-order valence-corrected chi connectivity index (χ1v) is 9.98. The smallest absolute Gasteiger partial charge is 0.338 e. The number of anilines is 1. The van der Waals surface area contributed by atoms with E-state index in [-0.39, 0.29) is 11.9 Å². The number of aromatic nitrogens is 1. The summed E-state index contributed by atoms with van der Waals surface area (Å²) in [4.78, 5) is 29.1. The molecular weight excluding hydrogens is 392 g/mol. The minimum Gasteiger partial charge on any atom is -0.493 e. The van der Waals surface area contributed by atoms with Gasteiger partial charge in [0.05, 0.1) is 36.6 Å². The Labute approximate surface area is 172 Å². The molecule has 29 heavy (non-hydrogen) atoms. The number of ether oxygens (including phenoxy) is 3. The van der Waals surface area contributed by atoms with Crippen molar-refractivity contribution < 1.29 is 23.8 Å². The molecule has 1 amide bonds. The van der Waals surface area contributed by atoms with Gasteiger partial charge in [0.2, 0.25) is 0 Å². The third-order valence-electron chi connectivity index (χ3n) is 4.22. The van der Waals surface area contributed by atoms with E-state index in [1.54, 1.807) is 36.4 Å². The van der Waals surface area contributed by atoms with Gasteiger partial charge in [0.15, 0.2) is 16.6 Å². The quantitative estimate of drug-likeness (QED) is 0.431. The summed E-state index contributed by atoms with van der Waals surface area (Å²) in [6, 6.07) is 10.1. The van der Waals surface area contributed by atoms with Crippen molar-refractivity contribution in [3.63, 3.8) is 0 Å². The second-order valence-corrected chi connectivity index (χ2v) is 7.25. The first-order valence-electron chi connectivity index (χ1n) is 9.16. The molecule has 7 nitrogen and oxygen atoms in total. The molecule has 0 fully saturated rings. The Kier molecular flexibility index (Phi) is 6.66. The Morgan fingerprint density at radius 3 is 2.52 bits per heavy atom. The predicted octanol–water partition coefficient (Wildman–Crippen LogP) is 4.52. The molecule has 0 aliphatic rings. The molecule has 0 radical (unpaired) electrons. The fourth-order valence-electron chi connectivity index (χ4n) is 2.64. The van der Waals surface area contributed by atoms with Crippen LogP contribution in [0.4, 0.5) is 5.13 Å². The number of hydrogen-bond donors (Lipinski definition) is 1. The van der Waals surface area contributed by atoms with Gasteiger partial charge >= 0.3 is 5.97 Å². The lowest BCUT2D eigenvalue weighted by Crippen LogP contribution is -2.11. The van der Waals surface area contributed by atoms with E-state index in [1.165, 1.54) is 25.6 Å². The molecule has 0 atom stereocenters. The van der Waals surface area contributed by atoms with E-state index in [4.69, 9.17) is 14.2 Å². The Morgan fingerprint density at radius 2 is 1.79 bits per heavy atom. The van der Waals surface area contributed by atoms with Crippen molar-refractivity contribution in [1.82, 2.24) is 4.98 Å². The number of hydrogen-bond acceptors (Lipinski definition) is 7. The summed E-state index contributed by atoms with van der Waals surface area (Å²) in [6.07, 6.45) is 1.80. The zero-order chi connectivity index (χ0) is 20.8. The number of amides is 1. The Bertz CT molecular complexity index is 1030. The van der Waals surface area contributed by atoms with Crippen molar-refractivity contribution in [1.29, 1.82) is 0 Å². The molecule has 152 valence electrons. The number of nitrogens with one attached hydrogen (secondary N) is 1. The van der Waals surface area contributed by atoms with Crippen LogP contribution in [0.2, 0.25) is 0 Å². The molecule has 0 saturated heterocycles. The molecule has 0 saturated carbocycles. The van der Waals surface area contributed by atoms with E-state index < -0.39 is 0 Å². The van der Waals surface area contributed by atoms with Crippen LogP contribution in [0, 0.1) is 0 Å². The van der Waals surface area contributed by atoms with Gasteiger partial charge in [-0.1, -0.05) is 24.7 Å². The topological polar surface area (TPSA) is 86.8 Å². The number of carbonyl (C=O) groups excluding carboxylic acids is 2. The SMILES string of the molecule is CCCCOC(=O)c1ccc2nc(NC(=O)c3ccc(OC)c(OC)c3)sc2c1. The minimum absolute atomic E-state index is 0.316. The molecule has 8 heteroatoms. The van der Waals surface area contributed by atoms with Gasteiger partial charge in [-0.05, 0) is 42.8 Å². The van der Waals surface area contributed by atoms with Crippen molar-refractivity contribution in [3.05, 3.63) is 47.5 Å². The highest BCUT2D eigenvalue weighted by molar-refractivity contribution is 7.22. The van der Waals surface area contributed by atoms with Gasteiger partial charge in [-0.3, -0.25) is 10.1 Å². The molecule has 0 spiro atoms. The fraction of sp³-hybridized carbons (Fsp3) is 0.286. The van der Waals surface area contributed by atoms with E-state index in [9.17, 15) is 9.59 Å². The standard InChI is InChI=1S/C21H22N2O5S/c1-4-5-10-28-20(25)14-6-8-15-18(12-14)29-21(22-15)23-19(24)13-7-9-16(26-2)17(11-13)27-3/h6-9,11-12H,4-5,10H2,1-3H3,(H,22,23,24). The van der Waals surface area contributed by atoms with Crippen LogP contribution in [-0.4, -0.2) is 37.7 Å². The van der Waals surface area contributed by atoms with Gasteiger partial charge in [0.25, 0.3) is 5.91 Å². The van der Waals surface area contributed by atoms with E-state index in [1.807, 2.05) is 6.92 Å². The van der Waals surface area contributed by atoms with Crippen LogP contribution in [-0.2, 0) is 4.74 Å². The van der Waals surface area contributed by atoms with Gasteiger partial charge in [-0.15, -0.1) is 0 Å². The molecule has 1 heterocycles. The third-order valence-corrected chi connectivity index (χ3v) is 5.15. The zero-order valence-corrected chi connectivity index (χ0v) is 17.3. The van der Waals surface area contributed by atoms with Crippen molar-refractivity contribution >= 4 is 38.6 Å². The second kappa shape index (κ2) is 9.38. The largest absolute Gasteiger partial charge is 0.493 e. The van der Waals surface area contributed by atoms with E-state index in [0.29, 0.717) is 39.9 Å². The Morgan fingerprint density at radius 1 is 1.03 bits per heavy atom.